The molecule has 0 aliphatic carbocycles. The smallest absolute Gasteiger partial charge is 0.315 e. The van der Waals surface area contributed by atoms with Gasteiger partial charge in [-0.25, -0.2) is 0 Å². The maximum absolute atomic E-state index is 13.2. The van der Waals surface area contributed by atoms with Crippen molar-refractivity contribution in [2.45, 2.75) is 32.5 Å². The molecule has 1 atom stereocenters. The van der Waals surface area contributed by atoms with Crippen LogP contribution in [-0.2, 0) is 6.18 Å². The molecule has 0 spiro atoms. The first kappa shape index (κ1) is 18.9. The summed E-state index contributed by atoms with van der Waals surface area (Å²) in [5.74, 6) is 0. The van der Waals surface area contributed by atoms with E-state index in [1.807, 2.05) is 19.9 Å². The summed E-state index contributed by atoms with van der Waals surface area (Å²) in [5, 5.41) is 3.37. The van der Waals surface area contributed by atoms with Crippen LogP contribution < -0.4 is 5.32 Å². The standard InChI is InChI=1S/C21H25F3N2/c1-15-11-16(2)13-18(12-15)20(26-9-4-7-25-8-10-26)17-5-3-6-19(14-17)21(22,23)24/h3,5-6,11-14,20,25H,4,7-10H2,1-2H3. The second-order valence-electron chi connectivity index (χ2n) is 7.09. The molecule has 2 nitrogen and oxygen atoms in total. The lowest BCUT2D eigenvalue weighted by Gasteiger charge is -2.32. The first-order valence-electron chi connectivity index (χ1n) is 9.05. The highest BCUT2D eigenvalue weighted by molar-refractivity contribution is 5.39. The van der Waals surface area contributed by atoms with E-state index >= 15 is 0 Å². The number of nitrogens with zero attached hydrogens (tertiary/aromatic N) is 1. The third-order valence-corrected chi connectivity index (χ3v) is 4.83. The van der Waals surface area contributed by atoms with Crippen molar-refractivity contribution >= 4 is 0 Å². The van der Waals surface area contributed by atoms with Crippen LogP contribution in [0.3, 0.4) is 0 Å². The third kappa shape index (κ3) is 4.46. The van der Waals surface area contributed by atoms with Gasteiger partial charge in [0.15, 0.2) is 0 Å². The lowest BCUT2D eigenvalue weighted by molar-refractivity contribution is -0.137. The van der Waals surface area contributed by atoms with E-state index < -0.39 is 11.7 Å². The minimum Gasteiger partial charge on any atom is -0.315 e. The number of rotatable bonds is 3. The van der Waals surface area contributed by atoms with Crippen LogP contribution >= 0.6 is 0 Å². The van der Waals surface area contributed by atoms with Crippen LogP contribution in [0.1, 0.15) is 40.3 Å². The SMILES string of the molecule is Cc1cc(C)cc(C(c2cccc(C(F)(F)F)c2)N2CCCNCC2)c1. The van der Waals surface area contributed by atoms with E-state index in [0.29, 0.717) is 5.56 Å². The van der Waals surface area contributed by atoms with Crippen LogP contribution in [-0.4, -0.2) is 31.1 Å². The summed E-state index contributed by atoms with van der Waals surface area (Å²) in [6, 6.07) is 11.9. The van der Waals surface area contributed by atoms with Gasteiger partial charge in [-0.15, -0.1) is 0 Å². The molecule has 1 aliphatic rings. The van der Waals surface area contributed by atoms with Crippen molar-refractivity contribution < 1.29 is 13.2 Å². The fourth-order valence-electron chi connectivity index (χ4n) is 3.79. The molecule has 2 aromatic carbocycles. The van der Waals surface area contributed by atoms with Gasteiger partial charge in [0, 0.05) is 19.6 Å². The summed E-state index contributed by atoms with van der Waals surface area (Å²) in [4.78, 5) is 2.30. The van der Waals surface area contributed by atoms with Gasteiger partial charge in [-0.2, -0.15) is 13.2 Å². The molecule has 26 heavy (non-hydrogen) atoms. The zero-order chi connectivity index (χ0) is 18.7. The predicted molar refractivity (Wildman–Crippen MR) is 98.3 cm³/mol. The Morgan fingerprint density at radius 3 is 2.35 bits per heavy atom. The van der Waals surface area contributed by atoms with Crippen LogP contribution in [0.15, 0.2) is 42.5 Å². The quantitative estimate of drug-likeness (QED) is 0.851. The van der Waals surface area contributed by atoms with E-state index in [9.17, 15) is 13.2 Å². The molecule has 0 radical (unpaired) electrons. The van der Waals surface area contributed by atoms with E-state index in [-0.39, 0.29) is 6.04 Å². The van der Waals surface area contributed by atoms with Crippen LogP contribution in [0.5, 0.6) is 0 Å². The van der Waals surface area contributed by atoms with Gasteiger partial charge in [0.25, 0.3) is 0 Å². The highest BCUT2D eigenvalue weighted by Crippen LogP contribution is 2.35. The molecule has 3 rings (SSSR count). The first-order chi connectivity index (χ1) is 12.3. The maximum atomic E-state index is 13.2. The molecule has 0 aromatic heterocycles. The summed E-state index contributed by atoms with van der Waals surface area (Å²) in [7, 11) is 0. The molecule has 1 aliphatic heterocycles. The van der Waals surface area contributed by atoms with Gasteiger partial charge >= 0.3 is 6.18 Å². The minimum absolute atomic E-state index is 0.171. The molecular formula is C21H25F3N2. The fraction of sp³-hybridized carbons (Fsp3) is 0.429. The molecule has 0 amide bonds. The number of hydrogen-bond acceptors (Lipinski definition) is 2. The van der Waals surface area contributed by atoms with Gasteiger partial charge in [0.1, 0.15) is 0 Å². The molecule has 0 saturated carbocycles. The average molecular weight is 362 g/mol. The second kappa shape index (κ2) is 7.80. The topological polar surface area (TPSA) is 15.3 Å². The number of alkyl halides is 3. The third-order valence-electron chi connectivity index (χ3n) is 4.83. The zero-order valence-corrected chi connectivity index (χ0v) is 15.2. The maximum Gasteiger partial charge on any atom is 0.416 e. The molecule has 1 fully saturated rings. The molecule has 140 valence electrons. The van der Waals surface area contributed by atoms with Crippen molar-refractivity contribution in [3.63, 3.8) is 0 Å². The van der Waals surface area contributed by atoms with Crippen LogP contribution in [0.4, 0.5) is 13.2 Å². The van der Waals surface area contributed by atoms with E-state index in [4.69, 9.17) is 0 Å². The Kier molecular flexibility index (Phi) is 5.68. The predicted octanol–water partition coefficient (Wildman–Crippen LogP) is 4.71. The number of aryl methyl sites for hydroxylation is 2. The molecular weight excluding hydrogens is 337 g/mol. The number of benzene rings is 2. The van der Waals surface area contributed by atoms with Crippen molar-refractivity contribution in [1.82, 2.24) is 10.2 Å². The lowest BCUT2D eigenvalue weighted by atomic mass is 9.93. The van der Waals surface area contributed by atoms with Gasteiger partial charge in [0.05, 0.1) is 11.6 Å². The van der Waals surface area contributed by atoms with Crippen LogP contribution in [0, 0.1) is 13.8 Å². The van der Waals surface area contributed by atoms with E-state index in [1.54, 1.807) is 0 Å². The Labute approximate surface area is 153 Å². The molecule has 1 unspecified atom stereocenters. The number of nitrogens with one attached hydrogen (secondary N) is 1. The van der Waals surface area contributed by atoms with Gasteiger partial charge in [-0.3, -0.25) is 4.90 Å². The van der Waals surface area contributed by atoms with Crippen molar-refractivity contribution in [2.75, 3.05) is 26.2 Å². The average Bonchev–Trinajstić information content (AvgIpc) is 2.83. The fourth-order valence-corrected chi connectivity index (χ4v) is 3.79. The molecule has 2 aromatic rings. The van der Waals surface area contributed by atoms with Crippen molar-refractivity contribution in [3.05, 3.63) is 70.3 Å². The summed E-state index contributed by atoms with van der Waals surface area (Å²) >= 11 is 0. The number of hydrogen-bond donors (Lipinski definition) is 1. The van der Waals surface area contributed by atoms with Gasteiger partial charge in [-0.05, 0) is 50.1 Å². The summed E-state index contributed by atoms with van der Waals surface area (Å²) in [6.45, 7) is 7.53. The normalized spacial score (nSPS) is 17.7. The summed E-state index contributed by atoms with van der Waals surface area (Å²) < 4.78 is 39.7. The van der Waals surface area contributed by atoms with Gasteiger partial charge in [-0.1, -0.05) is 41.5 Å². The number of halogens is 3. The molecule has 5 heteroatoms. The highest BCUT2D eigenvalue weighted by Gasteiger charge is 2.32. The Hall–Kier alpha value is -1.85. The van der Waals surface area contributed by atoms with Crippen LogP contribution in [0.2, 0.25) is 0 Å². The molecule has 1 N–H and O–H groups in total. The lowest BCUT2D eigenvalue weighted by Crippen LogP contribution is -2.33. The first-order valence-corrected chi connectivity index (χ1v) is 9.05. The van der Waals surface area contributed by atoms with E-state index in [2.05, 4.69) is 28.4 Å². The van der Waals surface area contributed by atoms with Crippen molar-refractivity contribution in [2.24, 2.45) is 0 Å². The molecule has 1 saturated heterocycles. The Morgan fingerprint density at radius 2 is 1.65 bits per heavy atom. The molecule has 0 bridgehead atoms. The Morgan fingerprint density at radius 1 is 0.923 bits per heavy atom. The van der Waals surface area contributed by atoms with Crippen molar-refractivity contribution in [1.29, 1.82) is 0 Å². The summed E-state index contributed by atoms with van der Waals surface area (Å²) in [6.07, 6.45) is -3.34. The van der Waals surface area contributed by atoms with E-state index in [0.717, 1.165) is 55.4 Å². The Bertz CT molecular complexity index is 727. The van der Waals surface area contributed by atoms with E-state index in [1.165, 1.54) is 12.1 Å². The zero-order valence-electron chi connectivity index (χ0n) is 15.2. The second-order valence-corrected chi connectivity index (χ2v) is 7.09. The van der Waals surface area contributed by atoms with Gasteiger partial charge < -0.3 is 5.32 Å². The molecule has 1 heterocycles. The largest absolute Gasteiger partial charge is 0.416 e. The monoisotopic (exact) mass is 362 g/mol. The minimum atomic E-state index is -4.33. The highest BCUT2D eigenvalue weighted by atomic mass is 19.4. The summed E-state index contributed by atoms with van der Waals surface area (Å²) in [5.41, 5.74) is 3.43. The Balaban J connectivity index is 2.08. The van der Waals surface area contributed by atoms with Crippen LogP contribution in [0.25, 0.3) is 0 Å². The van der Waals surface area contributed by atoms with Gasteiger partial charge in [0.2, 0.25) is 0 Å². The van der Waals surface area contributed by atoms with Crippen molar-refractivity contribution in [3.8, 4) is 0 Å².